The number of methoxy groups -OCH3 is 1. The molecule has 3 rings (SSSR count). The Kier molecular flexibility index (Phi) is 7.75. The zero-order valence-corrected chi connectivity index (χ0v) is 18.9. The summed E-state index contributed by atoms with van der Waals surface area (Å²) < 4.78 is 5.15. The summed E-state index contributed by atoms with van der Waals surface area (Å²) >= 11 is 0. The monoisotopic (exact) mass is 415 g/mol. The van der Waals surface area contributed by atoms with Crippen molar-refractivity contribution in [3.05, 3.63) is 29.8 Å². The van der Waals surface area contributed by atoms with Gasteiger partial charge in [-0.25, -0.2) is 0 Å². The third-order valence-corrected chi connectivity index (χ3v) is 6.85. The molecule has 2 fully saturated rings. The zero-order chi connectivity index (χ0) is 21.7. The standard InChI is InChI=1S/C24H37N3O3/c1-17(2)22(25-23(28)20-5-7-21(30-4)8-6-20)24(29)27-15-11-19(12-16-27)18-9-13-26(3)14-10-18/h5-8,17-19,22H,9-16H2,1-4H3,(H,25,28)/t22-/m1/s1. The summed E-state index contributed by atoms with van der Waals surface area (Å²) in [6, 6.07) is 6.47. The number of benzene rings is 1. The number of carbonyl (C=O) groups excluding carboxylic acids is 2. The number of carbonyl (C=O) groups is 2. The topological polar surface area (TPSA) is 61.9 Å². The van der Waals surface area contributed by atoms with E-state index >= 15 is 0 Å². The molecular formula is C24H37N3O3. The van der Waals surface area contributed by atoms with Crippen molar-refractivity contribution in [2.75, 3.05) is 40.3 Å². The van der Waals surface area contributed by atoms with E-state index in [2.05, 4.69) is 17.3 Å². The Labute approximate surface area is 180 Å². The predicted molar refractivity (Wildman–Crippen MR) is 119 cm³/mol. The number of nitrogens with one attached hydrogen (secondary N) is 1. The number of ether oxygens (including phenoxy) is 1. The lowest BCUT2D eigenvalue weighted by atomic mass is 9.78. The molecule has 0 radical (unpaired) electrons. The average molecular weight is 416 g/mol. The van der Waals surface area contributed by atoms with E-state index in [1.54, 1.807) is 31.4 Å². The lowest BCUT2D eigenvalue weighted by Crippen LogP contribution is -2.53. The number of rotatable bonds is 6. The van der Waals surface area contributed by atoms with Crippen molar-refractivity contribution < 1.29 is 14.3 Å². The van der Waals surface area contributed by atoms with Crippen molar-refractivity contribution in [1.82, 2.24) is 15.1 Å². The molecule has 2 amide bonds. The van der Waals surface area contributed by atoms with Crippen LogP contribution in [0, 0.1) is 17.8 Å². The molecule has 2 aliphatic heterocycles. The maximum absolute atomic E-state index is 13.2. The van der Waals surface area contributed by atoms with Gasteiger partial charge in [-0.15, -0.1) is 0 Å². The van der Waals surface area contributed by atoms with Gasteiger partial charge in [0.05, 0.1) is 7.11 Å². The molecule has 1 aromatic rings. The molecule has 2 saturated heterocycles. The lowest BCUT2D eigenvalue weighted by molar-refractivity contribution is -0.136. The van der Waals surface area contributed by atoms with Gasteiger partial charge in [-0.3, -0.25) is 9.59 Å². The minimum absolute atomic E-state index is 0.0336. The van der Waals surface area contributed by atoms with Gasteiger partial charge in [-0.1, -0.05) is 13.8 Å². The predicted octanol–water partition coefficient (Wildman–Crippen LogP) is 3.03. The van der Waals surface area contributed by atoms with E-state index < -0.39 is 6.04 Å². The molecule has 0 aliphatic carbocycles. The van der Waals surface area contributed by atoms with Crippen LogP contribution >= 0.6 is 0 Å². The molecule has 2 heterocycles. The van der Waals surface area contributed by atoms with Crippen LogP contribution in [0.4, 0.5) is 0 Å². The van der Waals surface area contributed by atoms with Crippen molar-refractivity contribution >= 4 is 11.8 Å². The van der Waals surface area contributed by atoms with Crippen LogP contribution in [0.15, 0.2) is 24.3 Å². The summed E-state index contributed by atoms with van der Waals surface area (Å²) in [4.78, 5) is 30.3. The highest BCUT2D eigenvalue weighted by atomic mass is 16.5. The van der Waals surface area contributed by atoms with E-state index in [4.69, 9.17) is 4.74 Å². The van der Waals surface area contributed by atoms with Crippen molar-refractivity contribution in [3.8, 4) is 5.75 Å². The average Bonchev–Trinajstić information content (AvgIpc) is 2.77. The molecule has 6 nitrogen and oxygen atoms in total. The van der Waals surface area contributed by atoms with Crippen LogP contribution in [-0.2, 0) is 4.79 Å². The Bertz CT molecular complexity index is 703. The van der Waals surface area contributed by atoms with Gasteiger partial charge in [0, 0.05) is 18.7 Å². The van der Waals surface area contributed by atoms with Gasteiger partial charge in [0.2, 0.25) is 5.91 Å². The molecule has 0 spiro atoms. The van der Waals surface area contributed by atoms with Gasteiger partial charge in [-0.2, -0.15) is 0 Å². The van der Waals surface area contributed by atoms with Crippen molar-refractivity contribution in [2.45, 2.75) is 45.6 Å². The summed E-state index contributed by atoms with van der Waals surface area (Å²) in [6.45, 7) is 7.96. The molecule has 1 aromatic carbocycles. The first-order valence-corrected chi connectivity index (χ1v) is 11.3. The summed E-state index contributed by atoms with van der Waals surface area (Å²) in [5.74, 6) is 2.10. The van der Waals surface area contributed by atoms with Gasteiger partial charge in [0.25, 0.3) is 5.91 Å². The quantitative estimate of drug-likeness (QED) is 0.776. The summed E-state index contributed by atoms with van der Waals surface area (Å²) in [5, 5.41) is 2.97. The number of likely N-dealkylation sites (tertiary alicyclic amines) is 2. The van der Waals surface area contributed by atoms with E-state index in [1.165, 1.54) is 25.9 Å². The smallest absolute Gasteiger partial charge is 0.251 e. The first-order valence-electron chi connectivity index (χ1n) is 11.3. The first kappa shape index (κ1) is 22.6. The molecule has 0 unspecified atom stereocenters. The second-order valence-corrected chi connectivity index (χ2v) is 9.23. The molecule has 6 heteroatoms. The number of piperidine rings is 2. The van der Waals surface area contributed by atoms with E-state index in [0.29, 0.717) is 11.3 Å². The molecule has 0 bridgehead atoms. The summed E-state index contributed by atoms with van der Waals surface area (Å²) in [5.41, 5.74) is 0.537. The molecule has 0 aromatic heterocycles. The third kappa shape index (κ3) is 5.54. The van der Waals surface area contributed by atoms with Crippen molar-refractivity contribution in [1.29, 1.82) is 0 Å². The van der Waals surface area contributed by atoms with Crippen LogP contribution in [0.1, 0.15) is 49.9 Å². The highest BCUT2D eigenvalue weighted by Gasteiger charge is 2.34. The van der Waals surface area contributed by atoms with E-state index in [-0.39, 0.29) is 17.7 Å². The SMILES string of the molecule is COc1ccc(C(=O)N[C@@H](C(=O)N2CCC(C3CCN(C)CC3)CC2)C(C)C)cc1. The Balaban J connectivity index is 1.55. The van der Waals surface area contributed by atoms with Crippen LogP contribution in [0.2, 0.25) is 0 Å². The van der Waals surface area contributed by atoms with Crippen LogP contribution in [0.3, 0.4) is 0 Å². The number of amides is 2. The van der Waals surface area contributed by atoms with Gasteiger partial charge in [-0.05, 0) is 87.8 Å². The highest BCUT2D eigenvalue weighted by molar-refractivity contribution is 5.97. The third-order valence-electron chi connectivity index (χ3n) is 6.85. The maximum atomic E-state index is 13.2. The fourth-order valence-corrected chi connectivity index (χ4v) is 4.77. The Morgan fingerprint density at radius 3 is 2.00 bits per heavy atom. The van der Waals surface area contributed by atoms with Gasteiger partial charge >= 0.3 is 0 Å². The molecule has 166 valence electrons. The molecule has 30 heavy (non-hydrogen) atoms. The van der Waals surface area contributed by atoms with Crippen molar-refractivity contribution in [3.63, 3.8) is 0 Å². The second kappa shape index (κ2) is 10.3. The van der Waals surface area contributed by atoms with Crippen LogP contribution in [0.5, 0.6) is 5.75 Å². The first-order chi connectivity index (χ1) is 14.4. The minimum Gasteiger partial charge on any atom is -0.497 e. The Hall–Kier alpha value is -2.08. The Morgan fingerprint density at radius 1 is 0.967 bits per heavy atom. The molecular weight excluding hydrogens is 378 g/mol. The van der Waals surface area contributed by atoms with Crippen LogP contribution in [0.25, 0.3) is 0 Å². The largest absolute Gasteiger partial charge is 0.497 e. The fourth-order valence-electron chi connectivity index (χ4n) is 4.77. The van der Waals surface area contributed by atoms with Crippen LogP contribution < -0.4 is 10.1 Å². The number of hydrogen-bond acceptors (Lipinski definition) is 4. The van der Waals surface area contributed by atoms with E-state index in [1.807, 2.05) is 18.7 Å². The minimum atomic E-state index is -0.500. The second-order valence-electron chi connectivity index (χ2n) is 9.23. The molecule has 2 aliphatic rings. The van der Waals surface area contributed by atoms with Gasteiger partial charge in [0.1, 0.15) is 11.8 Å². The lowest BCUT2D eigenvalue weighted by Gasteiger charge is -2.40. The molecule has 1 atom stereocenters. The van der Waals surface area contributed by atoms with Gasteiger partial charge in [0.15, 0.2) is 0 Å². The highest BCUT2D eigenvalue weighted by Crippen LogP contribution is 2.32. The Morgan fingerprint density at radius 2 is 1.50 bits per heavy atom. The van der Waals surface area contributed by atoms with E-state index in [9.17, 15) is 9.59 Å². The van der Waals surface area contributed by atoms with Crippen LogP contribution in [-0.4, -0.2) is 68.0 Å². The maximum Gasteiger partial charge on any atom is 0.251 e. The fraction of sp³-hybridized carbons (Fsp3) is 0.667. The molecule has 1 N–H and O–H groups in total. The normalized spacial score (nSPS) is 20.2. The molecule has 0 saturated carbocycles. The van der Waals surface area contributed by atoms with Gasteiger partial charge < -0.3 is 19.9 Å². The van der Waals surface area contributed by atoms with Crippen molar-refractivity contribution in [2.24, 2.45) is 17.8 Å². The number of nitrogens with zero attached hydrogens (tertiary/aromatic N) is 2. The van der Waals surface area contributed by atoms with E-state index in [0.717, 1.165) is 37.8 Å². The summed E-state index contributed by atoms with van der Waals surface area (Å²) in [7, 11) is 3.79. The zero-order valence-electron chi connectivity index (χ0n) is 18.9. The summed E-state index contributed by atoms with van der Waals surface area (Å²) in [6.07, 6.45) is 4.72. The number of hydrogen-bond donors (Lipinski definition) is 1.